The highest BCUT2D eigenvalue weighted by Crippen LogP contribution is 2.32. The van der Waals surface area contributed by atoms with Crippen LogP contribution in [0.1, 0.15) is 159 Å². The van der Waals surface area contributed by atoms with Gasteiger partial charge in [0.15, 0.2) is 12.6 Å². The van der Waals surface area contributed by atoms with E-state index in [1.807, 2.05) is 43.3 Å². The number of aliphatic hydroxyl groups is 1. The molecule has 2 saturated heterocycles. The molecule has 1 N–H and O–H groups in total. The first-order valence-corrected chi connectivity index (χ1v) is 22.6. The smallest absolute Gasteiger partial charge is 0.343 e. The Labute approximate surface area is 353 Å². The fourth-order valence-corrected chi connectivity index (χ4v) is 8.14. The molecule has 2 aliphatic heterocycles. The number of unbranched alkanes of at least 4 members (excludes halogenated alkanes) is 11. The molecule has 5 rings (SSSR count). The number of benzene rings is 3. The molecule has 0 amide bonds. The molecule has 9 nitrogen and oxygen atoms in total. The highest BCUT2D eigenvalue weighted by atomic mass is 16.7. The summed E-state index contributed by atoms with van der Waals surface area (Å²) in [5.41, 5.74) is 3.01. The van der Waals surface area contributed by atoms with Crippen LogP contribution in [-0.2, 0) is 18.9 Å². The fraction of sp³-hybridized carbons (Fsp3) is 0.600. The lowest BCUT2D eigenvalue weighted by atomic mass is 9.97. The number of aliphatic hydroxyl groups excluding tert-OH is 1. The van der Waals surface area contributed by atoms with Gasteiger partial charge in [0.1, 0.15) is 11.5 Å². The lowest BCUT2D eigenvalue weighted by Gasteiger charge is -2.40. The van der Waals surface area contributed by atoms with Crippen molar-refractivity contribution < 1.29 is 38.3 Å². The van der Waals surface area contributed by atoms with Crippen LogP contribution in [0.2, 0.25) is 0 Å². The van der Waals surface area contributed by atoms with Crippen LogP contribution in [0.5, 0.6) is 11.5 Å². The Morgan fingerprint density at radius 1 is 0.695 bits per heavy atom. The number of hydrogen-bond donors (Lipinski definition) is 1. The third-order valence-electron chi connectivity index (χ3n) is 11.3. The molecule has 3 aromatic carbocycles. The quantitative estimate of drug-likeness (QED) is 0.0507. The minimum Gasteiger partial charge on any atom is -0.494 e. The minimum absolute atomic E-state index is 0.0149. The molecule has 7 unspecified atom stereocenters. The summed E-state index contributed by atoms with van der Waals surface area (Å²) in [4.78, 5) is 12.6. The van der Waals surface area contributed by atoms with Crippen LogP contribution < -0.4 is 9.47 Å². The first-order valence-electron chi connectivity index (χ1n) is 22.6. The number of ether oxygens (including phenoxy) is 6. The minimum atomic E-state index is -0.442. The molecule has 2 heterocycles. The van der Waals surface area contributed by atoms with Crippen LogP contribution in [0.3, 0.4) is 0 Å². The number of esters is 1. The van der Waals surface area contributed by atoms with E-state index in [4.69, 9.17) is 33.7 Å². The van der Waals surface area contributed by atoms with Crippen molar-refractivity contribution in [3.8, 4) is 28.7 Å². The predicted molar refractivity (Wildman–Crippen MR) is 231 cm³/mol. The number of nitrogens with zero attached hydrogens (tertiary/aromatic N) is 1. The number of carbonyl (C=O) groups is 1. The van der Waals surface area contributed by atoms with E-state index in [2.05, 4.69) is 19.9 Å². The van der Waals surface area contributed by atoms with Crippen molar-refractivity contribution >= 4 is 5.97 Å². The zero-order valence-electron chi connectivity index (χ0n) is 35.9. The van der Waals surface area contributed by atoms with Gasteiger partial charge in [0, 0.05) is 12.8 Å². The molecule has 7 atom stereocenters. The highest BCUT2D eigenvalue weighted by molar-refractivity contribution is 5.91. The van der Waals surface area contributed by atoms with Gasteiger partial charge in [-0.3, -0.25) is 0 Å². The molecule has 2 fully saturated rings. The maximum absolute atomic E-state index is 12.6. The van der Waals surface area contributed by atoms with Gasteiger partial charge >= 0.3 is 5.97 Å². The van der Waals surface area contributed by atoms with Gasteiger partial charge in [-0.1, -0.05) is 95.4 Å². The Hall–Kier alpha value is -3.78. The van der Waals surface area contributed by atoms with Gasteiger partial charge in [-0.25, -0.2) is 4.79 Å². The van der Waals surface area contributed by atoms with E-state index < -0.39 is 12.1 Å². The van der Waals surface area contributed by atoms with Crippen LogP contribution in [-0.4, -0.2) is 60.8 Å². The number of hydrogen-bond acceptors (Lipinski definition) is 9. The van der Waals surface area contributed by atoms with Crippen molar-refractivity contribution in [2.75, 3.05) is 6.61 Å². The summed E-state index contributed by atoms with van der Waals surface area (Å²) in [5.74, 6) is 0.815. The first-order chi connectivity index (χ1) is 28.8. The topological polar surface area (TPSA) is 116 Å². The molecule has 0 saturated carbocycles. The molecule has 59 heavy (non-hydrogen) atoms. The Bertz CT molecular complexity index is 1650. The van der Waals surface area contributed by atoms with E-state index >= 15 is 0 Å². The maximum atomic E-state index is 12.6. The van der Waals surface area contributed by atoms with Crippen LogP contribution in [0.15, 0.2) is 72.8 Å². The van der Waals surface area contributed by atoms with E-state index in [9.17, 15) is 9.90 Å². The van der Waals surface area contributed by atoms with Gasteiger partial charge in [-0.05, 0) is 118 Å². The Morgan fingerprint density at radius 2 is 1.22 bits per heavy atom. The molecule has 0 spiro atoms. The van der Waals surface area contributed by atoms with Crippen molar-refractivity contribution in [1.82, 2.24) is 0 Å². The van der Waals surface area contributed by atoms with Gasteiger partial charge < -0.3 is 33.5 Å². The van der Waals surface area contributed by atoms with Crippen LogP contribution >= 0.6 is 0 Å². The molecular weight excluding hydrogens is 743 g/mol. The molecule has 322 valence electrons. The molecule has 0 aliphatic carbocycles. The summed E-state index contributed by atoms with van der Waals surface area (Å²) in [6.07, 6.45) is 20.3. The van der Waals surface area contributed by atoms with E-state index in [1.54, 1.807) is 36.4 Å². The summed E-state index contributed by atoms with van der Waals surface area (Å²) in [6.45, 7) is 6.96. The van der Waals surface area contributed by atoms with Gasteiger partial charge in [0.25, 0.3) is 0 Å². The summed E-state index contributed by atoms with van der Waals surface area (Å²) < 4.78 is 36.9. The SMILES string of the molecule is CCCCCCCC1OC(C)CC(CC2CC(CC(C)O)OC(CCCCCCCCCCOc3ccc(-c4ccc(C(=O)Oc5ccc(C#N)cc5)cc4)cc3)O2)O1. The molecule has 3 aromatic rings. The van der Waals surface area contributed by atoms with Crippen molar-refractivity contribution in [1.29, 1.82) is 5.26 Å². The predicted octanol–water partition coefficient (Wildman–Crippen LogP) is 11.9. The van der Waals surface area contributed by atoms with Gasteiger partial charge in [-0.2, -0.15) is 5.26 Å². The van der Waals surface area contributed by atoms with Crippen LogP contribution in [0.25, 0.3) is 11.1 Å². The second-order valence-corrected chi connectivity index (χ2v) is 16.7. The normalized spacial score (nSPS) is 22.4. The average Bonchev–Trinajstić information content (AvgIpc) is 3.23. The van der Waals surface area contributed by atoms with Gasteiger partial charge in [0.2, 0.25) is 0 Å². The Kier molecular flexibility index (Phi) is 20.2. The summed E-state index contributed by atoms with van der Waals surface area (Å²) in [6, 6.07) is 23.9. The van der Waals surface area contributed by atoms with Crippen LogP contribution in [0.4, 0.5) is 0 Å². The lowest BCUT2D eigenvalue weighted by Crippen LogP contribution is -2.44. The molecule has 2 aliphatic rings. The highest BCUT2D eigenvalue weighted by Gasteiger charge is 2.35. The zero-order chi connectivity index (χ0) is 41.7. The average molecular weight is 812 g/mol. The first kappa shape index (κ1) is 46.3. The number of carbonyl (C=O) groups excluding carboxylic acids is 1. The third kappa shape index (κ3) is 17.0. The van der Waals surface area contributed by atoms with E-state index in [0.717, 1.165) is 74.7 Å². The molecule has 0 aromatic heterocycles. The van der Waals surface area contributed by atoms with E-state index in [0.29, 0.717) is 29.9 Å². The fourth-order valence-electron chi connectivity index (χ4n) is 8.14. The van der Waals surface area contributed by atoms with E-state index in [-0.39, 0.29) is 37.0 Å². The lowest BCUT2D eigenvalue weighted by molar-refractivity contribution is -0.274. The van der Waals surface area contributed by atoms with E-state index in [1.165, 1.54) is 57.8 Å². The number of nitriles is 1. The van der Waals surface area contributed by atoms with Crippen molar-refractivity contribution in [3.63, 3.8) is 0 Å². The molecule has 0 radical (unpaired) electrons. The summed E-state index contributed by atoms with van der Waals surface area (Å²) in [5, 5.41) is 19.1. The number of rotatable bonds is 25. The molecular formula is C50H69NO8. The Balaban J connectivity index is 0.909. The summed E-state index contributed by atoms with van der Waals surface area (Å²) >= 11 is 0. The maximum Gasteiger partial charge on any atom is 0.343 e. The van der Waals surface area contributed by atoms with Gasteiger partial charge in [0.05, 0.1) is 54.3 Å². The van der Waals surface area contributed by atoms with Crippen LogP contribution in [0, 0.1) is 11.3 Å². The van der Waals surface area contributed by atoms with Crippen molar-refractivity contribution in [2.45, 2.75) is 186 Å². The monoisotopic (exact) mass is 812 g/mol. The second-order valence-electron chi connectivity index (χ2n) is 16.7. The zero-order valence-corrected chi connectivity index (χ0v) is 35.9. The third-order valence-corrected chi connectivity index (χ3v) is 11.3. The summed E-state index contributed by atoms with van der Waals surface area (Å²) in [7, 11) is 0. The van der Waals surface area contributed by atoms with Gasteiger partial charge in [-0.15, -0.1) is 0 Å². The second kappa shape index (κ2) is 25.8. The van der Waals surface area contributed by atoms with Crippen molar-refractivity contribution in [2.24, 2.45) is 0 Å². The Morgan fingerprint density at radius 3 is 1.83 bits per heavy atom. The standard InChI is InChI=1S/C50H69NO8/c1-4-5-6-11-14-17-48-55-38(3)33-46(57-48)35-47-34-45(32-37(2)52)56-49(58-47)18-15-12-9-7-8-10-13-16-31-54-43-29-25-41(26-30-43)40-21-23-42(24-22-40)50(53)59-44-27-19-39(36-51)20-28-44/h19-30,37-38,45-49,52H,4-18,31-35H2,1-3H3. The largest absolute Gasteiger partial charge is 0.494 e. The molecule has 0 bridgehead atoms. The van der Waals surface area contributed by atoms with Crippen molar-refractivity contribution in [3.05, 3.63) is 83.9 Å². The molecule has 9 heteroatoms.